The van der Waals surface area contributed by atoms with E-state index in [1.54, 1.807) is 18.9 Å². The third kappa shape index (κ3) is 5.11. The van der Waals surface area contributed by atoms with Crippen molar-refractivity contribution >= 4 is 10.9 Å². The standard InChI is InChI=1S/C22H30N6O3/c1-30-11-10-28-21(24-25-26-28)15-27(18-6-4-3-5-7-18)14-17-12-16-13-19(31-2)8-9-20(16)23-22(17)29/h8-9,12-13,18H,3-7,10-11,14-15H2,1-2H3,(H,23,29). The van der Waals surface area contributed by atoms with Gasteiger partial charge < -0.3 is 14.5 Å². The van der Waals surface area contributed by atoms with Crippen LogP contribution in [0.5, 0.6) is 5.75 Å². The zero-order valence-corrected chi connectivity index (χ0v) is 18.2. The lowest BCUT2D eigenvalue weighted by molar-refractivity contribution is 0.131. The zero-order valence-electron chi connectivity index (χ0n) is 18.2. The topological polar surface area (TPSA) is 98.2 Å². The molecule has 9 heteroatoms. The van der Waals surface area contributed by atoms with Gasteiger partial charge in [0.25, 0.3) is 5.56 Å². The Morgan fingerprint density at radius 3 is 2.77 bits per heavy atom. The van der Waals surface area contributed by atoms with Gasteiger partial charge in [0.2, 0.25) is 0 Å². The number of ether oxygens (including phenoxy) is 2. The van der Waals surface area contributed by atoms with Crippen LogP contribution in [-0.4, -0.2) is 57.0 Å². The molecule has 0 amide bonds. The largest absolute Gasteiger partial charge is 0.497 e. The molecule has 4 rings (SSSR count). The molecule has 1 N–H and O–H groups in total. The summed E-state index contributed by atoms with van der Waals surface area (Å²) < 4.78 is 12.3. The monoisotopic (exact) mass is 426 g/mol. The lowest BCUT2D eigenvalue weighted by Gasteiger charge is -2.33. The molecule has 0 radical (unpaired) electrons. The molecular weight excluding hydrogens is 396 g/mol. The zero-order chi connectivity index (χ0) is 21.6. The first-order valence-corrected chi connectivity index (χ1v) is 10.9. The SMILES string of the molecule is COCCn1nnnc1CN(Cc1cc2cc(OC)ccc2[nH]c1=O)C1CCCCC1. The van der Waals surface area contributed by atoms with Crippen LogP contribution >= 0.6 is 0 Å². The van der Waals surface area contributed by atoms with Crippen molar-refractivity contribution in [3.05, 3.63) is 46.0 Å². The van der Waals surface area contributed by atoms with Gasteiger partial charge in [0, 0.05) is 36.2 Å². The number of hydrogen-bond acceptors (Lipinski definition) is 7. The van der Waals surface area contributed by atoms with Crippen molar-refractivity contribution in [1.82, 2.24) is 30.1 Å². The minimum Gasteiger partial charge on any atom is -0.497 e. The van der Waals surface area contributed by atoms with E-state index in [0.29, 0.717) is 32.3 Å². The average Bonchev–Trinajstić information content (AvgIpc) is 3.24. The summed E-state index contributed by atoms with van der Waals surface area (Å²) >= 11 is 0. The van der Waals surface area contributed by atoms with Gasteiger partial charge in [-0.05, 0) is 47.5 Å². The van der Waals surface area contributed by atoms with Crippen LogP contribution in [0.1, 0.15) is 43.5 Å². The summed E-state index contributed by atoms with van der Waals surface area (Å²) in [5.74, 6) is 1.56. The molecule has 1 aromatic carbocycles. The number of rotatable bonds is 9. The smallest absolute Gasteiger partial charge is 0.252 e. The minimum atomic E-state index is -0.0579. The van der Waals surface area contributed by atoms with Crippen LogP contribution in [-0.2, 0) is 24.4 Å². The fourth-order valence-corrected chi connectivity index (χ4v) is 4.32. The molecule has 0 aliphatic heterocycles. The number of nitrogens with one attached hydrogen (secondary N) is 1. The second-order valence-corrected chi connectivity index (χ2v) is 8.08. The van der Waals surface area contributed by atoms with Crippen LogP contribution in [0.25, 0.3) is 10.9 Å². The molecule has 0 unspecified atom stereocenters. The van der Waals surface area contributed by atoms with Crippen molar-refractivity contribution in [3.63, 3.8) is 0 Å². The molecule has 3 aromatic rings. The molecule has 9 nitrogen and oxygen atoms in total. The van der Waals surface area contributed by atoms with Crippen molar-refractivity contribution in [1.29, 1.82) is 0 Å². The minimum absolute atomic E-state index is 0.0579. The van der Waals surface area contributed by atoms with Gasteiger partial charge in [0.15, 0.2) is 5.82 Å². The maximum absolute atomic E-state index is 12.8. The van der Waals surface area contributed by atoms with E-state index in [1.807, 2.05) is 24.3 Å². The molecule has 0 spiro atoms. The molecule has 1 aliphatic rings. The van der Waals surface area contributed by atoms with E-state index in [1.165, 1.54) is 19.3 Å². The Morgan fingerprint density at radius 2 is 2.00 bits per heavy atom. The number of fused-ring (bicyclic) bond motifs is 1. The molecule has 2 aromatic heterocycles. The van der Waals surface area contributed by atoms with Crippen LogP contribution in [0.15, 0.2) is 29.1 Å². The predicted molar refractivity (Wildman–Crippen MR) is 117 cm³/mol. The first kappa shape index (κ1) is 21.5. The summed E-state index contributed by atoms with van der Waals surface area (Å²) in [6.45, 7) is 2.29. The summed E-state index contributed by atoms with van der Waals surface area (Å²) in [5, 5.41) is 13.2. The average molecular weight is 427 g/mol. The summed E-state index contributed by atoms with van der Waals surface area (Å²) in [7, 11) is 3.31. The number of methoxy groups -OCH3 is 2. The molecule has 1 saturated carbocycles. The fourth-order valence-electron chi connectivity index (χ4n) is 4.32. The van der Waals surface area contributed by atoms with E-state index in [9.17, 15) is 4.79 Å². The van der Waals surface area contributed by atoms with Gasteiger partial charge in [-0.25, -0.2) is 4.68 Å². The van der Waals surface area contributed by atoms with Crippen molar-refractivity contribution in [3.8, 4) is 5.75 Å². The molecule has 166 valence electrons. The van der Waals surface area contributed by atoms with E-state index in [-0.39, 0.29) is 5.56 Å². The lowest BCUT2D eigenvalue weighted by Crippen LogP contribution is -2.38. The fraction of sp³-hybridized carbons (Fsp3) is 0.545. The number of aromatic nitrogens is 5. The Labute approximate surface area is 181 Å². The van der Waals surface area contributed by atoms with Crippen molar-refractivity contribution < 1.29 is 9.47 Å². The summed E-state index contributed by atoms with van der Waals surface area (Å²) in [6.07, 6.45) is 5.94. The Balaban J connectivity index is 1.62. The molecule has 1 fully saturated rings. The van der Waals surface area contributed by atoms with E-state index in [2.05, 4.69) is 25.4 Å². The summed E-state index contributed by atoms with van der Waals surface area (Å²) in [4.78, 5) is 18.2. The maximum atomic E-state index is 12.8. The molecule has 2 heterocycles. The summed E-state index contributed by atoms with van der Waals surface area (Å²) in [5.41, 5.74) is 1.49. The van der Waals surface area contributed by atoms with Gasteiger partial charge in [0.05, 0.1) is 26.8 Å². The first-order valence-electron chi connectivity index (χ1n) is 10.9. The Bertz CT molecular complexity index is 1060. The number of pyridine rings is 1. The summed E-state index contributed by atoms with van der Waals surface area (Å²) in [6, 6.07) is 8.06. The highest BCUT2D eigenvalue weighted by Crippen LogP contribution is 2.26. The number of benzene rings is 1. The predicted octanol–water partition coefficient (Wildman–Crippen LogP) is 2.50. The second kappa shape index (κ2) is 10.0. The first-order chi connectivity index (χ1) is 15.2. The number of tetrazole rings is 1. The van der Waals surface area contributed by atoms with Gasteiger partial charge in [-0.15, -0.1) is 5.10 Å². The lowest BCUT2D eigenvalue weighted by atomic mass is 9.93. The Hall–Kier alpha value is -2.78. The van der Waals surface area contributed by atoms with E-state index < -0.39 is 0 Å². The highest BCUT2D eigenvalue weighted by molar-refractivity contribution is 5.80. The number of aromatic amines is 1. The molecule has 0 bridgehead atoms. The van der Waals surface area contributed by atoms with Gasteiger partial charge in [-0.1, -0.05) is 19.3 Å². The molecule has 0 saturated heterocycles. The second-order valence-electron chi connectivity index (χ2n) is 8.08. The third-order valence-corrected chi connectivity index (χ3v) is 6.05. The van der Waals surface area contributed by atoms with Crippen LogP contribution in [0.2, 0.25) is 0 Å². The van der Waals surface area contributed by atoms with Gasteiger partial charge in [0.1, 0.15) is 5.75 Å². The van der Waals surface area contributed by atoms with E-state index >= 15 is 0 Å². The van der Waals surface area contributed by atoms with Gasteiger partial charge in [-0.3, -0.25) is 9.69 Å². The molecular formula is C22H30N6O3. The molecule has 31 heavy (non-hydrogen) atoms. The molecule has 0 atom stereocenters. The molecule has 1 aliphatic carbocycles. The van der Waals surface area contributed by atoms with Crippen LogP contribution < -0.4 is 10.3 Å². The van der Waals surface area contributed by atoms with Crippen molar-refractivity contribution in [2.45, 2.75) is 57.8 Å². The third-order valence-electron chi connectivity index (χ3n) is 6.05. The van der Waals surface area contributed by atoms with Gasteiger partial charge in [-0.2, -0.15) is 0 Å². The Kier molecular flexibility index (Phi) is 6.93. The normalized spacial score (nSPS) is 15.1. The van der Waals surface area contributed by atoms with Crippen LogP contribution in [0, 0.1) is 0 Å². The Morgan fingerprint density at radius 1 is 1.16 bits per heavy atom. The maximum Gasteiger partial charge on any atom is 0.252 e. The number of H-pyrrole nitrogens is 1. The van der Waals surface area contributed by atoms with E-state index in [0.717, 1.165) is 40.9 Å². The van der Waals surface area contributed by atoms with E-state index in [4.69, 9.17) is 9.47 Å². The quantitative estimate of drug-likeness (QED) is 0.561. The highest BCUT2D eigenvalue weighted by Gasteiger charge is 2.24. The number of hydrogen-bond donors (Lipinski definition) is 1. The van der Waals surface area contributed by atoms with Crippen LogP contribution in [0.4, 0.5) is 0 Å². The van der Waals surface area contributed by atoms with Crippen LogP contribution in [0.3, 0.4) is 0 Å². The van der Waals surface area contributed by atoms with Gasteiger partial charge >= 0.3 is 0 Å². The van der Waals surface area contributed by atoms with Crippen molar-refractivity contribution in [2.75, 3.05) is 20.8 Å². The number of nitrogens with zero attached hydrogens (tertiary/aromatic N) is 5. The highest BCUT2D eigenvalue weighted by atomic mass is 16.5. The van der Waals surface area contributed by atoms with Crippen molar-refractivity contribution in [2.24, 2.45) is 0 Å².